The number of hydrogen-bond donors (Lipinski definition) is 1. The van der Waals surface area contributed by atoms with Crippen LogP contribution in [0.2, 0.25) is 0 Å². The largest absolute Gasteiger partial charge is 0.478 e. The molecule has 0 atom stereocenters. The number of benzene rings is 2. The topological polar surface area (TPSA) is 66.0 Å². The average Bonchev–Trinajstić information content (AvgIpc) is 3.05. The van der Waals surface area contributed by atoms with Crippen LogP contribution in [0.25, 0.3) is 16.8 Å². The predicted octanol–water partition coefficient (Wildman–Crippen LogP) is 4.73. The van der Waals surface area contributed by atoms with Crippen LogP contribution in [0.3, 0.4) is 0 Å². The second-order valence-corrected chi connectivity index (χ2v) is 5.50. The normalized spacial score (nSPS) is 11.2. The van der Waals surface area contributed by atoms with Gasteiger partial charge in [-0.15, -0.1) is 0 Å². The second kappa shape index (κ2) is 6.41. The van der Waals surface area contributed by atoms with Gasteiger partial charge < -0.3 is 9.67 Å². The summed E-state index contributed by atoms with van der Waals surface area (Å²) in [5.41, 5.74) is -0.328. The zero-order valence-electron chi connectivity index (χ0n) is 13.2. The van der Waals surface area contributed by atoms with Crippen molar-refractivity contribution in [2.45, 2.75) is 6.18 Å². The summed E-state index contributed by atoms with van der Waals surface area (Å²) < 4.78 is 41.0. The number of carboxylic acid groups (broad SMARTS) is 1. The fraction of sp³-hybridized carbons (Fsp3) is 0.0526. The Bertz CT molecular complexity index is 1020. The summed E-state index contributed by atoms with van der Waals surface area (Å²) in [5.74, 6) is -1.65. The summed E-state index contributed by atoms with van der Waals surface area (Å²) in [5, 5.41) is 18.3. The molecule has 4 nitrogen and oxygen atoms in total. The van der Waals surface area contributed by atoms with E-state index < -0.39 is 23.3 Å². The van der Waals surface area contributed by atoms with Crippen molar-refractivity contribution in [3.8, 4) is 22.9 Å². The van der Waals surface area contributed by atoms with E-state index in [9.17, 15) is 23.2 Å². The maximum atomic E-state index is 13.2. The standard InChI is InChI=1S/C19H11F3N2O2/c20-19(21,22)17-8-14(6-7-15(17)18(25)26)24-10-13(9-23)16(11-24)12-4-2-1-3-5-12/h1-8,10-11H,(H,25,26). The molecule has 0 bridgehead atoms. The summed E-state index contributed by atoms with van der Waals surface area (Å²) in [6.45, 7) is 0. The number of rotatable bonds is 3. The molecule has 0 saturated heterocycles. The van der Waals surface area contributed by atoms with E-state index in [1.54, 1.807) is 30.5 Å². The monoisotopic (exact) mass is 356 g/mol. The van der Waals surface area contributed by atoms with Gasteiger partial charge in [0.1, 0.15) is 6.07 Å². The highest BCUT2D eigenvalue weighted by atomic mass is 19.4. The lowest BCUT2D eigenvalue weighted by Gasteiger charge is -2.12. The summed E-state index contributed by atoms with van der Waals surface area (Å²) in [6.07, 6.45) is -1.85. The molecule has 0 aliphatic heterocycles. The minimum Gasteiger partial charge on any atom is -0.478 e. The predicted molar refractivity (Wildman–Crippen MR) is 87.9 cm³/mol. The minimum absolute atomic E-state index is 0.112. The van der Waals surface area contributed by atoms with Gasteiger partial charge in [-0.2, -0.15) is 18.4 Å². The molecule has 0 spiro atoms. The highest BCUT2D eigenvalue weighted by molar-refractivity contribution is 5.90. The SMILES string of the molecule is N#Cc1cn(-c2ccc(C(=O)O)c(C(F)(F)F)c2)cc1-c1ccccc1. The summed E-state index contributed by atoms with van der Waals surface area (Å²) in [4.78, 5) is 11.1. The van der Waals surface area contributed by atoms with Gasteiger partial charge in [0.2, 0.25) is 0 Å². The molecule has 0 saturated carbocycles. The van der Waals surface area contributed by atoms with Crippen LogP contribution in [0.4, 0.5) is 13.2 Å². The van der Waals surface area contributed by atoms with Gasteiger partial charge >= 0.3 is 12.1 Å². The number of carbonyl (C=O) groups is 1. The van der Waals surface area contributed by atoms with Crippen LogP contribution in [-0.2, 0) is 6.18 Å². The van der Waals surface area contributed by atoms with Gasteiger partial charge in [-0.05, 0) is 23.8 Å². The van der Waals surface area contributed by atoms with Crippen molar-refractivity contribution in [2.24, 2.45) is 0 Å². The molecule has 7 heteroatoms. The van der Waals surface area contributed by atoms with E-state index in [4.69, 9.17) is 5.11 Å². The molecule has 0 amide bonds. The van der Waals surface area contributed by atoms with Crippen LogP contribution < -0.4 is 0 Å². The number of halogens is 3. The Morgan fingerprint density at radius 3 is 2.35 bits per heavy atom. The Balaban J connectivity index is 2.15. The maximum Gasteiger partial charge on any atom is 0.417 e. The lowest BCUT2D eigenvalue weighted by atomic mass is 10.1. The highest BCUT2D eigenvalue weighted by Gasteiger charge is 2.35. The Morgan fingerprint density at radius 1 is 1.08 bits per heavy atom. The number of alkyl halides is 3. The number of aromatic nitrogens is 1. The number of aromatic carboxylic acids is 1. The van der Waals surface area contributed by atoms with Crippen LogP contribution in [-0.4, -0.2) is 15.6 Å². The van der Waals surface area contributed by atoms with Gasteiger partial charge in [0, 0.05) is 23.6 Å². The Morgan fingerprint density at radius 2 is 1.77 bits per heavy atom. The molecule has 0 fully saturated rings. The third-order valence-corrected chi connectivity index (χ3v) is 3.87. The van der Waals surface area contributed by atoms with Crippen LogP contribution in [0.15, 0.2) is 60.9 Å². The maximum absolute atomic E-state index is 13.2. The highest BCUT2D eigenvalue weighted by Crippen LogP contribution is 2.34. The first-order valence-electron chi connectivity index (χ1n) is 7.43. The number of nitrogens with zero attached hydrogens (tertiary/aromatic N) is 2. The third kappa shape index (κ3) is 3.17. The van der Waals surface area contributed by atoms with Gasteiger partial charge in [-0.1, -0.05) is 30.3 Å². The lowest BCUT2D eigenvalue weighted by molar-refractivity contribution is -0.138. The fourth-order valence-electron chi connectivity index (χ4n) is 2.65. The van der Waals surface area contributed by atoms with Crippen molar-refractivity contribution in [1.82, 2.24) is 4.57 Å². The molecular formula is C19H11F3N2O2. The molecule has 130 valence electrons. The Kier molecular flexibility index (Phi) is 4.26. The molecule has 1 heterocycles. The number of nitriles is 1. The van der Waals surface area contributed by atoms with Crippen molar-refractivity contribution >= 4 is 5.97 Å². The first-order chi connectivity index (χ1) is 12.3. The van der Waals surface area contributed by atoms with E-state index in [0.29, 0.717) is 11.1 Å². The summed E-state index contributed by atoms with van der Waals surface area (Å²) >= 11 is 0. The van der Waals surface area contributed by atoms with Gasteiger partial charge in [-0.3, -0.25) is 0 Å². The van der Waals surface area contributed by atoms with E-state index in [0.717, 1.165) is 17.7 Å². The van der Waals surface area contributed by atoms with Crippen LogP contribution in [0, 0.1) is 11.3 Å². The minimum atomic E-state index is -4.81. The summed E-state index contributed by atoms with van der Waals surface area (Å²) in [7, 11) is 0. The zero-order chi connectivity index (χ0) is 18.9. The zero-order valence-corrected chi connectivity index (χ0v) is 13.2. The smallest absolute Gasteiger partial charge is 0.417 e. The van der Waals surface area contributed by atoms with Crippen molar-refractivity contribution in [1.29, 1.82) is 5.26 Å². The third-order valence-electron chi connectivity index (χ3n) is 3.87. The van der Waals surface area contributed by atoms with E-state index >= 15 is 0 Å². The first-order valence-corrected chi connectivity index (χ1v) is 7.43. The lowest BCUT2D eigenvalue weighted by Crippen LogP contribution is -2.13. The molecule has 1 N–H and O–H groups in total. The van der Waals surface area contributed by atoms with Crippen molar-refractivity contribution in [3.05, 3.63) is 77.6 Å². The molecule has 0 aliphatic carbocycles. The van der Waals surface area contributed by atoms with Crippen LogP contribution >= 0.6 is 0 Å². The van der Waals surface area contributed by atoms with Crippen LogP contribution in [0.5, 0.6) is 0 Å². The molecular weight excluding hydrogens is 345 g/mol. The van der Waals surface area contributed by atoms with E-state index in [1.165, 1.54) is 16.8 Å². The number of hydrogen-bond acceptors (Lipinski definition) is 2. The van der Waals surface area contributed by atoms with Gasteiger partial charge in [0.05, 0.1) is 16.7 Å². The second-order valence-electron chi connectivity index (χ2n) is 5.50. The summed E-state index contributed by atoms with van der Waals surface area (Å²) in [6, 6.07) is 13.9. The molecule has 3 aromatic rings. The molecule has 26 heavy (non-hydrogen) atoms. The fourth-order valence-corrected chi connectivity index (χ4v) is 2.65. The molecule has 0 unspecified atom stereocenters. The Labute approximate surface area is 146 Å². The Hall–Kier alpha value is -3.53. The van der Waals surface area contributed by atoms with Gasteiger partial charge in [0.15, 0.2) is 0 Å². The van der Waals surface area contributed by atoms with E-state index in [2.05, 4.69) is 0 Å². The molecule has 0 aliphatic rings. The van der Waals surface area contributed by atoms with Crippen molar-refractivity contribution in [2.75, 3.05) is 0 Å². The molecule has 1 aromatic heterocycles. The van der Waals surface area contributed by atoms with E-state index in [-0.39, 0.29) is 5.69 Å². The molecule has 2 aromatic carbocycles. The van der Waals surface area contributed by atoms with E-state index in [1.807, 2.05) is 12.1 Å². The van der Waals surface area contributed by atoms with Gasteiger partial charge in [-0.25, -0.2) is 4.79 Å². The number of carboxylic acids is 1. The molecule has 0 radical (unpaired) electrons. The van der Waals surface area contributed by atoms with Crippen molar-refractivity contribution < 1.29 is 23.1 Å². The average molecular weight is 356 g/mol. The quantitative estimate of drug-likeness (QED) is 0.738. The molecule has 3 rings (SSSR count). The van der Waals surface area contributed by atoms with Gasteiger partial charge in [0.25, 0.3) is 0 Å². The van der Waals surface area contributed by atoms with Crippen LogP contribution in [0.1, 0.15) is 21.5 Å². The van der Waals surface area contributed by atoms with Crippen molar-refractivity contribution in [3.63, 3.8) is 0 Å². The first kappa shape index (κ1) is 17.3.